The van der Waals surface area contributed by atoms with Crippen molar-refractivity contribution in [1.82, 2.24) is 9.88 Å². The zero-order valence-corrected chi connectivity index (χ0v) is 16.7. The van der Waals surface area contributed by atoms with Crippen molar-refractivity contribution in [1.29, 1.82) is 0 Å². The van der Waals surface area contributed by atoms with Gasteiger partial charge in [-0.15, -0.1) is 11.3 Å². The molecule has 0 unspecified atom stereocenters. The number of morpholine rings is 1. The summed E-state index contributed by atoms with van der Waals surface area (Å²) >= 11 is 1.82. The molecular formula is C18H21F2N3O2S2. The maximum Gasteiger partial charge on any atom is 0.288 e. The Bertz CT molecular complexity index is 760. The molecule has 0 radical (unpaired) electrons. The number of hydrogen-bond acceptors (Lipinski definition) is 6. The third-order valence-corrected chi connectivity index (χ3v) is 5.52. The fraction of sp³-hybridized carbons (Fsp3) is 0.444. The van der Waals surface area contributed by atoms with Crippen molar-refractivity contribution in [3.8, 4) is 0 Å². The van der Waals surface area contributed by atoms with Gasteiger partial charge in [-0.05, 0) is 38.1 Å². The van der Waals surface area contributed by atoms with Gasteiger partial charge in [0, 0.05) is 35.5 Å². The summed E-state index contributed by atoms with van der Waals surface area (Å²) in [5.41, 5.74) is 1.31. The zero-order chi connectivity index (χ0) is 19.4. The molecule has 5 nitrogen and oxygen atoms in total. The van der Waals surface area contributed by atoms with Crippen molar-refractivity contribution >= 4 is 34.1 Å². The Labute approximate surface area is 165 Å². The Balaban J connectivity index is 1.56. The highest BCUT2D eigenvalue weighted by atomic mass is 32.2. The standard InChI is InChI=1S/C18H21F2N3O2S2/c1-11-7-23(8-12(2)25-11)9-14-10-26-18(21-14)22-16(24)13-3-5-15(6-4-13)27-17(19)20/h3-6,10-12,17H,7-9H2,1-2H3,(H,21,22,24)/t11-,12+. The van der Waals surface area contributed by atoms with Gasteiger partial charge in [0.1, 0.15) is 0 Å². The average molecular weight is 414 g/mol. The summed E-state index contributed by atoms with van der Waals surface area (Å²) in [5.74, 6) is -2.78. The Morgan fingerprint density at radius 2 is 2.00 bits per heavy atom. The molecule has 1 aliphatic heterocycles. The molecule has 2 atom stereocenters. The van der Waals surface area contributed by atoms with E-state index in [-0.39, 0.29) is 18.1 Å². The van der Waals surface area contributed by atoms with Gasteiger partial charge < -0.3 is 4.74 Å². The number of aromatic nitrogens is 1. The predicted molar refractivity (Wildman–Crippen MR) is 104 cm³/mol. The summed E-state index contributed by atoms with van der Waals surface area (Å²) in [7, 11) is 0. The van der Waals surface area contributed by atoms with Crippen LogP contribution in [0.15, 0.2) is 34.5 Å². The van der Waals surface area contributed by atoms with E-state index in [4.69, 9.17) is 4.74 Å². The first-order valence-electron chi connectivity index (χ1n) is 8.57. The minimum Gasteiger partial charge on any atom is -0.373 e. The number of anilines is 1. The molecule has 2 heterocycles. The quantitative estimate of drug-likeness (QED) is 0.715. The Hall–Kier alpha value is -1.55. The zero-order valence-electron chi connectivity index (χ0n) is 15.0. The number of benzene rings is 1. The monoisotopic (exact) mass is 413 g/mol. The average Bonchev–Trinajstić information content (AvgIpc) is 3.00. The third kappa shape index (κ3) is 5.97. The molecule has 9 heteroatoms. The van der Waals surface area contributed by atoms with Gasteiger partial charge in [-0.2, -0.15) is 8.78 Å². The lowest BCUT2D eigenvalue weighted by molar-refractivity contribution is -0.0707. The molecule has 146 valence electrons. The molecule has 1 amide bonds. The molecule has 1 aliphatic rings. The number of carbonyl (C=O) groups excluding carboxylic acids is 1. The largest absolute Gasteiger partial charge is 0.373 e. The number of nitrogens with zero attached hydrogens (tertiary/aromatic N) is 2. The van der Waals surface area contributed by atoms with E-state index < -0.39 is 5.76 Å². The maximum absolute atomic E-state index is 12.3. The van der Waals surface area contributed by atoms with E-state index in [1.54, 1.807) is 0 Å². The molecule has 2 aromatic rings. The molecule has 0 aliphatic carbocycles. The number of thiazole rings is 1. The van der Waals surface area contributed by atoms with Crippen LogP contribution in [0.25, 0.3) is 0 Å². The van der Waals surface area contributed by atoms with Crippen molar-refractivity contribution in [2.24, 2.45) is 0 Å². The van der Waals surface area contributed by atoms with Crippen molar-refractivity contribution in [2.45, 2.75) is 43.3 Å². The van der Waals surface area contributed by atoms with Crippen molar-refractivity contribution < 1.29 is 18.3 Å². The number of carbonyl (C=O) groups is 1. The number of hydrogen-bond donors (Lipinski definition) is 1. The predicted octanol–water partition coefficient (Wildman–Crippen LogP) is 4.32. The maximum atomic E-state index is 12.3. The van der Waals surface area contributed by atoms with Crippen LogP contribution in [0.1, 0.15) is 29.9 Å². The van der Waals surface area contributed by atoms with Crippen molar-refractivity contribution in [2.75, 3.05) is 18.4 Å². The smallest absolute Gasteiger partial charge is 0.288 e. The molecular weight excluding hydrogens is 392 g/mol. The lowest BCUT2D eigenvalue weighted by Gasteiger charge is -2.34. The number of ether oxygens (including phenoxy) is 1. The highest BCUT2D eigenvalue weighted by molar-refractivity contribution is 7.99. The lowest BCUT2D eigenvalue weighted by Crippen LogP contribution is -2.44. The molecule has 1 aromatic heterocycles. The molecule has 0 saturated carbocycles. The molecule has 0 bridgehead atoms. The van der Waals surface area contributed by atoms with Gasteiger partial charge in [0.25, 0.3) is 11.7 Å². The normalized spacial score (nSPS) is 20.8. The number of halogens is 2. The van der Waals surface area contributed by atoms with Crippen LogP contribution in [0.3, 0.4) is 0 Å². The molecule has 0 spiro atoms. The van der Waals surface area contributed by atoms with Crippen LogP contribution in [0.4, 0.5) is 13.9 Å². The second-order valence-corrected chi connectivity index (χ2v) is 8.37. The van der Waals surface area contributed by atoms with E-state index in [1.165, 1.54) is 35.6 Å². The molecule has 1 aromatic carbocycles. The van der Waals surface area contributed by atoms with Crippen LogP contribution in [0.5, 0.6) is 0 Å². The van der Waals surface area contributed by atoms with Crippen molar-refractivity contribution in [3.05, 3.63) is 40.9 Å². The van der Waals surface area contributed by atoms with Gasteiger partial charge in [-0.25, -0.2) is 4.98 Å². The Kier molecular flexibility index (Phi) is 6.80. The SMILES string of the molecule is C[C@@H]1CN(Cc2csc(NC(=O)c3ccc(SC(F)F)cc3)n2)C[C@H](C)O1. The number of amides is 1. The molecule has 1 saturated heterocycles. The van der Waals surface area contributed by atoms with Crippen molar-refractivity contribution in [3.63, 3.8) is 0 Å². The number of nitrogens with one attached hydrogen (secondary N) is 1. The first kappa shape index (κ1) is 20.2. The second-order valence-electron chi connectivity index (χ2n) is 6.45. The molecule has 27 heavy (non-hydrogen) atoms. The van der Waals surface area contributed by atoms with E-state index >= 15 is 0 Å². The van der Waals surface area contributed by atoms with Crippen LogP contribution in [0.2, 0.25) is 0 Å². The van der Waals surface area contributed by atoms with E-state index in [2.05, 4.69) is 29.0 Å². The van der Waals surface area contributed by atoms with Gasteiger partial charge in [0.2, 0.25) is 0 Å². The van der Waals surface area contributed by atoms with Crippen LogP contribution >= 0.6 is 23.1 Å². The first-order valence-corrected chi connectivity index (χ1v) is 10.3. The Morgan fingerprint density at radius 3 is 2.63 bits per heavy atom. The topological polar surface area (TPSA) is 54.5 Å². The highest BCUT2D eigenvalue weighted by Gasteiger charge is 2.22. The van der Waals surface area contributed by atoms with Crippen LogP contribution in [-0.4, -0.2) is 46.8 Å². The number of alkyl halides is 2. The van der Waals surface area contributed by atoms with Gasteiger partial charge in [0.05, 0.1) is 17.9 Å². The highest BCUT2D eigenvalue weighted by Crippen LogP contribution is 2.25. The Morgan fingerprint density at radius 1 is 1.33 bits per heavy atom. The van der Waals surface area contributed by atoms with Gasteiger partial charge in [-0.3, -0.25) is 15.0 Å². The fourth-order valence-corrected chi connectivity index (χ4v) is 4.23. The van der Waals surface area contributed by atoms with Gasteiger partial charge in [0.15, 0.2) is 5.13 Å². The summed E-state index contributed by atoms with van der Waals surface area (Å²) in [4.78, 5) is 19.5. The second kappa shape index (κ2) is 9.09. The van der Waals surface area contributed by atoms with Gasteiger partial charge >= 0.3 is 0 Å². The van der Waals surface area contributed by atoms with Crippen LogP contribution < -0.4 is 5.32 Å². The molecule has 1 N–H and O–H groups in total. The number of rotatable bonds is 6. The summed E-state index contributed by atoms with van der Waals surface area (Å²) in [6.45, 7) is 6.53. The van der Waals surface area contributed by atoms with Crippen LogP contribution in [0, 0.1) is 0 Å². The fourth-order valence-electron chi connectivity index (χ4n) is 3.04. The lowest BCUT2D eigenvalue weighted by atomic mass is 10.2. The third-order valence-electron chi connectivity index (χ3n) is 3.99. The number of thioether (sulfide) groups is 1. The molecule has 1 fully saturated rings. The van der Waals surface area contributed by atoms with E-state index in [0.29, 0.717) is 33.9 Å². The van der Waals surface area contributed by atoms with Gasteiger partial charge in [-0.1, -0.05) is 11.8 Å². The van der Waals surface area contributed by atoms with E-state index in [9.17, 15) is 13.6 Å². The minimum absolute atomic E-state index is 0.192. The van der Waals surface area contributed by atoms with E-state index in [0.717, 1.165) is 18.8 Å². The molecule has 3 rings (SSSR count). The summed E-state index contributed by atoms with van der Waals surface area (Å²) in [6.07, 6.45) is 0.385. The minimum atomic E-state index is -2.48. The summed E-state index contributed by atoms with van der Waals surface area (Å²) < 4.78 is 30.4. The summed E-state index contributed by atoms with van der Waals surface area (Å²) in [6, 6.07) is 6.09. The summed E-state index contributed by atoms with van der Waals surface area (Å²) in [5, 5.41) is 5.22. The van der Waals surface area contributed by atoms with E-state index in [1.807, 2.05) is 5.38 Å². The van der Waals surface area contributed by atoms with Crippen LogP contribution in [-0.2, 0) is 11.3 Å². The first-order chi connectivity index (χ1) is 12.9.